The Labute approximate surface area is 205 Å². The van der Waals surface area contributed by atoms with Gasteiger partial charge in [-0.15, -0.1) is 0 Å². The van der Waals surface area contributed by atoms with Crippen LogP contribution in [0.3, 0.4) is 0 Å². The average Bonchev–Trinajstić information content (AvgIpc) is 2.89. The zero-order valence-electron chi connectivity index (χ0n) is 19.8. The number of amides is 1. The molecule has 0 radical (unpaired) electrons. The van der Waals surface area contributed by atoms with Crippen molar-refractivity contribution in [2.45, 2.75) is 6.54 Å². The quantitative estimate of drug-likeness (QED) is 0.375. The Morgan fingerprint density at radius 2 is 1.61 bits per heavy atom. The fraction of sp³-hybridized carbons (Fsp3) is 0.148. The summed E-state index contributed by atoms with van der Waals surface area (Å²) in [6.07, 6.45) is 1.32. The van der Waals surface area contributed by atoms with Crippen LogP contribution in [0.5, 0.6) is 17.2 Å². The van der Waals surface area contributed by atoms with E-state index in [4.69, 9.17) is 14.2 Å². The molecule has 0 fully saturated rings. The van der Waals surface area contributed by atoms with E-state index in [9.17, 15) is 18.8 Å². The maximum absolute atomic E-state index is 14.0. The van der Waals surface area contributed by atoms with Crippen LogP contribution in [-0.4, -0.2) is 37.6 Å². The van der Waals surface area contributed by atoms with Gasteiger partial charge in [0.25, 0.3) is 0 Å². The van der Waals surface area contributed by atoms with Crippen molar-refractivity contribution in [3.8, 4) is 17.2 Å². The first kappa shape index (κ1) is 24.5. The molecule has 1 heterocycles. The van der Waals surface area contributed by atoms with Gasteiger partial charge in [-0.3, -0.25) is 14.4 Å². The molecule has 4 aromatic rings. The molecule has 0 bridgehead atoms. The van der Waals surface area contributed by atoms with Crippen molar-refractivity contribution in [2.75, 3.05) is 26.6 Å². The highest BCUT2D eigenvalue weighted by atomic mass is 19.1. The monoisotopic (exact) mass is 490 g/mol. The molecule has 184 valence electrons. The van der Waals surface area contributed by atoms with Gasteiger partial charge in [0.15, 0.2) is 17.3 Å². The number of benzene rings is 3. The number of carbonyl (C=O) groups is 2. The van der Waals surface area contributed by atoms with E-state index in [0.29, 0.717) is 28.5 Å². The van der Waals surface area contributed by atoms with Crippen LogP contribution in [0.2, 0.25) is 0 Å². The van der Waals surface area contributed by atoms with Crippen LogP contribution in [-0.2, 0) is 11.3 Å². The Bertz CT molecular complexity index is 1510. The molecule has 3 aromatic carbocycles. The predicted molar refractivity (Wildman–Crippen MR) is 133 cm³/mol. The van der Waals surface area contributed by atoms with Gasteiger partial charge in [-0.05, 0) is 54.6 Å². The molecule has 0 spiro atoms. The number of carbonyl (C=O) groups excluding carboxylic acids is 2. The van der Waals surface area contributed by atoms with Gasteiger partial charge in [-0.1, -0.05) is 0 Å². The van der Waals surface area contributed by atoms with Crippen molar-refractivity contribution in [2.24, 2.45) is 0 Å². The van der Waals surface area contributed by atoms with E-state index in [1.165, 1.54) is 56.4 Å². The van der Waals surface area contributed by atoms with Gasteiger partial charge >= 0.3 is 0 Å². The number of ketones is 1. The largest absolute Gasteiger partial charge is 0.497 e. The van der Waals surface area contributed by atoms with Gasteiger partial charge < -0.3 is 24.1 Å². The Morgan fingerprint density at radius 1 is 0.889 bits per heavy atom. The van der Waals surface area contributed by atoms with E-state index in [0.717, 1.165) is 6.07 Å². The molecule has 0 aliphatic heterocycles. The minimum atomic E-state index is -0.630. The third kappa shape index (κ3) is 4.90. The number of nitrogens with one attached hydrogen (secondary N) is 1. The summed E-state index contributed by atoms with van der Waals surface area (Å²) in [5.41, 5.74) is 0.225. The summed E-state index contributed by atoms with van der Waals surface area (Å²) in [6, 6.07) is 14.8. The first-order valence-corrected chi connectivity index (χ1v) is 10.9. The summed E-state index contributed by atoms with van der Waals surface area (Å²) < 4.78 is 31.0. The third-order valence-corrected chi connectivity index (χ3v) is 5.62. The van der Waals surface area contributed by atoms with Crippen molar-refractivity contribution in [1.29, 1.82) is 0 Å². The highest BCUT2D eigenvalue weighted by Gasteiger charge is 2.19. The molecule has 8 nitrogen and oxygen atoms in total. The van der Waals surface area contributed by atoms with Gasteiger partial charge in [-0.25, -0.2) is 4.39 Å². The number of aromatic nitrogens is 1. The molecule has 1 aromatic heterocycles. The lowest BCUT2D eigenvalue weighted by Gasteiger charge is -2.14. The highest BCUT2D eigenvalue weighted by molar-refractivity contribution is 6.10. The smallest absolute Gasteiger partial charge is 0.244 e. The van der Waals surface area contributed by atoms with E-state index in [1.54, 1.807) is 30.3 Å². The fourth-order valence-electron chi connectivity index (χ4n) is 3.83. The third-order valence-electron chi connectivity index (χ3n) is 5.62. The molecular weight excluding hydrogens is 467 g/mol. The van der Waals surface area contributed by atoms with Crippen LogP contribution in [0.25, 0.3) is 10.9 Å². The molecule has 0 aliphatic carbocycles. The number of halogens is 1. The van der Waals surface area contributed by atoms with Gasteiger partial charge in [0, 0.05) is 28.9 Å². The van der Waals surface area contributed by atoms with Crippen molar-refractivity contribution in [3.05, 3.63) is 94.0 Å². The van der Waals surface area contributed by atoms with Crippen molar-refractivity contribution in [3.63, 3.8) is 0 Å². The number of methoxy groups -OCH3 is 3. The highest BCUT2D eigenvalue weighted by Crippen LogP contribution is 2.29. The SMILES string of the molecule is COc1ccc(C(=O)c2cn(CC(=O)Nc3ccc(OC)c(OC)c3)c3ccc(F)cc3c2=O)cc1. The molecule has 0 unspecified atom stereocenters. The summed E-state index contributed by atoms with van der Waals surface area (Å²) in [7, 11) is 4.49. The van der Waals surface area contributed by atoms with Crippen LogP contribution < -0.4 is 25.0 Å². The molecule has 9 heteroatoms. The molecule has 1 amide bonds. The normalized spacial score (nSPS) is 10.7. The topological polar surface area (TPSA) is 95.9 Å². The number of nitrogens with zero attached hydrogens (tertiary/aromatic N) is 1. The molecular formula is C27H23FN2O6. The number of rotatable bonds is 8. The Balaban J connectivity index is 1.71. The van der Waals surface area contributed by atoms with Crippen molar-refractivity contribution >= 4 is 28.3 Å². The number of hydrogen-bond acceptors (Lipinski definition) is 6. The minimum Gasteiger partial charge on any atom is -0.497 e. The van der Waals surface area contributed by atoms with E-state index >= 15 is 0 Å². The van der Waals surface area contributed by atoms with E-state index in [2.05, 4.69) is 5.32 Å². The summed E-state index contributed by atoms with van der Waals surface area (Å²) in [5.74, 6) is -0.119. The number of hydrogen-bond donors (Lipinski definition) is 1. The maximum Gasteiger partial charge on any atom is 0.244 e. The molecule has 0 saturated carbocycles. The summed E-state index contributed by atoms with van der Waals surface area (Å²) in [5, 5.41) is 2.75. The first-order valence-electron chi connectivity index (χ1n) is 10.9. The summed E-state index contributed by atoms with van der Waals surface area (Å²) in [4.78, 5) is 39.2. The molecule has 0 atom stereocenters. The van der Waals surface area contributed by atoms with Gasteiger partial charge in [0.05, 0.1) is 32.4 Å². The Hall–Kier alpha value is -4.66. The number of pyridine rings is 1. The second-order valence-electron chi connectivity index (χ2n) is 7.84. The van der Waals surface area contributed by atoms with Crippen LogP contribution in [0.15, 0.2) is 71.7 Å². The van der Waals surface area contributed by atoms with E-state index in [-0.39, 0.29) is 23.1 Å². The number of ether oxygens (including phenoxy) is 3. The summed E-state index contributed by atoms with van der Waals surface area (Å²) in [6.45, 7) is -0.236. The van der Waals surface area contributed by atoms with Crippen molar-refractivity contribution in [1.82, 2.24) is 4.57 Å². The fourth-order valence-corrected chi connectivity index (χ4v) is 3.83. The molecule has 4 rings (SSSR count). The molecule has 0 saturated heterocycles. The van der Waals surface area contributed by atoms with Crippen LogP contribution >= 0.6 is 0 Å². The average molecular weight is 490 g/mol. The minimum absolute atomic E-state index is 0.00622. The zero-order valence-corrected chi connectivity index (χ0v) is 19.8. The second kappa shape index (κ2) is 10.3. The number of anilines is 1. The lowest BCUT2D eigenvalue weighted by Crippen LogP contribution is -2.24. The predicted octanol–water partition coefficient (Wildman–Crippen LogP) is 4.04. The molecule has 0 aliphatic rings. The second-order valence-corrected chi connectivity index (χ2v) is 7.84. The van der Waals surface area contributed by atoms with Crippen LogP contribution in [0.1, 0.15) is 15.9 Å². The van der Waals surface area contributed by atoms with E-state index in [1.807, 2.05) is 0 Å². The molecule has 1 N–H and O–H groups in total. The lowest BCUT2D eigenvalue weighted by atomic mass is 10.0. The Morgan fingerprint density at radius 3 is 2.28 bits per heavy atom. The standard InChI is InChI=1S/C27H23FN2O6/c1-34-19-8-4-16(5-9-19)26(32)21-14-30(22-10-6-17(28)12-20(22)27(21)33)15-25(31)29-18-7-11-23(35-2)24(13-18)36-3/h4-14H,15H2,1-3H3,(H,29,31). The molecule has 36 heavy (non-hydrogen) atoms. The van der Waals surface area contributed by atoms with Gasteiger partial charge in [0.1, 0.15) is 18.1 Å². The zero-order chi connectivity index (χ0) is 25.8. The van der Waals surface area contributed by atoms with Crippen molar-refractivity contribution < 1.29 is 28.2 Å². The van der Waals surface area contributed by atoms with Crippen LogP contribution in [0.4, 0.5) is 10.1 Å². The number of fused-ring (bicyclic) bond motifs is 1. The Kier molecular flexibility index (Phi) is 7.00. The van der Waals surface area contributed by atoms with E-state index < -0.39 is 22.9 Å². The lowest BCUT2D eigenvalue weighted by molar-refractivity contribution is -0.116. The summed E-state index contributed by atoms with van der Waals surface area (Å²) >= 11 is 0. The van der Waals surface area contributed by atoms with Gasteiger partial charge in [0.2, 0.25) is 11.3 Å². The van der Waals surface area contributed by atoms with Gasteiger partial charge in [-0.2, -0.15) is 0 Å². The maximum atomic E-state index is 14.0. The van der Waals surface area contributed by atoms with Crippen LogP contribution in [0, 0.1) is 5.82 Å². The first-order chi connectivity index (χ1) is 17.3.